The third-order valence-electron chi connectivity index (χ3n) is 8.46. The van der Waals surface area contributed by atoms with E-state index in [1.165, 1.54) is 76.8 Å². The van der Waals surface area contributed by atoms with Crippen molar-refractivity contribution < 1.29 is 0 Å². The lowest BCUT2D eigenvalue weighted by molar-refractivity contribution is 1.45. The molecular weight excluding hydrogens is 516 g/mol. The molecule has 0 radical (unpaired) electrons. The molecule has 0 saturated heterocycles. The first-order valence-corrected chi connectivity index (χ1v) is 15.4. The van der Waals surface area contributed by atoms with Gasteiger partial charge in [-0.25, -0.2) is 0 Å². The zero-order valence-electron chi connectivity index (χ0n) is 24.7. The Morgan fingerprint density at radius 3 is 1.30 bits per heavy atom. The number of hydrogen-bond donors (Lipinski definition) is 0. The molecule has 7 aromatic carbocycles. The van der Waals surface area contributed by atoms with E-state index in [2.05, 4.69) is 158 Å². The molecule has 0 fully saturated rings. The van der Waals surface area contributed by atoms with Gasteiger partial charge < -0.3 is 0 Å². The van der Waals surface area contributed by atoms with E-state index in [9.17, 15) is 0 Å². The van der Waals surface area contributed by atoms with Gasteiger partial charge in [-0.3, -0.25) is 0 Å². The lowest BCUT2D eigenvalue weighted by atomic mass is 9.80. The highest BCUT2D eigenvalue weighted by Crippen LogP contribution is 2.49. The Bertz CT molecular complexity index is 2090. The van der Waals surface area contributed by atoms with E-state index in [-0.39, 0.29) is 0 Å². The van der Waals surface area contributed by atoms with Crippen LogP contribution in [0.2, 0.25) is 0 Å². The van der Waals surface area contributed by atoms with Crippen LogP contribution in [-0.4, -0.2) is 0 Å². The molecule has 43 heavy (non-hydrogen) atoms. The van der Waals surface area contributed by atoms with Crippen LogP contribution in [0.5, 0.6) is 0 Å². The molecule has 206 valence electrons. The summed E-state index contributed by atoms with van der Waals surface area (Å²) in [4.78, 5) is 0. The van der Waals surface area contributed by atoms with Crippen molar-refractivity contribution in [2.24, 2.45) is 0 Å². The average molecular weight is 551 g/mol. The first-order valence-electron chi connectivity index (χ1n) is 15.4. The number of allylic oxidation sites excluding steroid dienone is 4. The largest absolute Gasteiger partial charge is 0.0801 e. The first-order chi connectivity index (χ1) is 21.4. The van der Waals surface area contributed by atoms with Gasteiger partial charge >= 0.3 is 0 Å². The summed E-state index contributed by atoms with van der Waals surface area (Å²) in [6.07, 6.45) is 7.89. The summed E-state index contributed by atoms with van der Waals surface area (Å²) in [6.45, 7) is 4.00. The normalized spacial score (nSPS) is 12.4. The minimum Gasteiger partial charge on any atom is -0.0801 e. The van der Waals surface area contributed by atoms with Gasteiger partial charge in [0.2, 0.25) is 0 Å². The summed E-state index contributed by atoms with van der Waals surface area (Å²) >= 11 is 0. The summed E-state index contributed by atoms with van der Waals surface area (Å²) in [5, 5.41) is 7.72. The Morgan fingerprint density at radius 1 is 0.395 bits per heavy atom. The molecule has 0 aliphatic heterocycles. The van der Waals surface area contributed by atoms with E-state index in [0.717, 1.165) is 6.42 Å². The van der Waals surface area contributed by atoms with E-state index in [1.54, 1.807) is 0 Å². The summed E-state index contributed by atoms with van der Waals surface area (Å²) < 4.78 is 0. The van der Waals surface area contributed by atoms with Crippen molar-refractivity contribution in [1.82, 2.24) is 0 Å². The van der Waals surface area contributed by atoms with Gasteiger partial charge in [-0.2, -0.15) is 0 Å². The number of hydrogen-bond acceptors (Lipinski definition) is 0. The fourth-order valence-electron chi connectivity index (χ4n) is 6.70. The Labute approximate surface area is 254 Å². The minimum absolute atomic E-state index is 0.990. The van der Waals surface area contributed by atoms with Gasteiger partial charge in [-0.15, -0.1) is 0 Å². The molecule has 0 heterocycles. The predicted octanol–water partition coefficient (Wildman–Crippen LogP) is 12.5. The van der Waals surface area contributed by atoms with Crippen molar-refractivity contribution in [1.29, 1.82) is 0 Å². The van der Waals surface area contributed by atoms with Crippen LogP contribution in [0.4, 0.5) is 0 Å². The van der Waals surface area contributed by atoms with Gasteiger partial charge in [0.25, 0.3) is 0 Å². The van der Waals surface area contributed by atoms with Crippen molar-refractivity contribution in [3.8, 4) is 33.4 Å². The molecule has 0 saturated carbocycles. The second-order valence-electron chi connectivity index (χ2n) is 10.8. The van der Waals surface area contributed by atoms with E-state index in [4.69, 9.17) is 0 Å². The topological polar surface area (TPSA) is 0 Å². The lowest BCUT2D eigenvalue weighted by Crippen LogP contribution is -1.96. The maximum absolute atomic E-state index is 2.42. The summed E-state index contributed by atoms with van der Waals surface area (Å²) in [7, 11) is 0. The standard InChI is InChI=1S/C41H28.C2H6/c1-3-15-28(16-4-1)37-27-38(29-17-5-2-6-18-29)41(32-22-10-9-21-31(32)37)40-35-25-13-11-23-33(35)39(30-19-7-8-20-30)34-24-12-14-26-36(34)40;1-2/h1-7,9-27H,8H2;1-2H3. The Balaban J connectivity index is 0.00000147. The fraction of sp³-hybridized carbons (Fsp3) is 0.0698. The monoisotopic (exact) mass is 550 g/mol. The molecule has 0 aromatic heterocycles. The number of benzene rings is 7. The van der Waals surface area contributed by atoms with Crippen LogP contribution < -0.4 is 0 Å². The molecular formula is C43H34. The maximum atomic E-state index is 2.42. The molecule has 0 bridgehead atoms. The highest BCUT2D eigenvalue weighted by molar-refractivity contribution is 6.24. The summed E-state index contributed by atoms with van der Waals surface area (Å²) in [5.41, 5.74) is 10.2. The highest BCUT2D eigenvalue weighted by Gasteiger charge is 2.22. The Morgan fingerprint density at radius 2 is 0.814 bits per heavy atom. The van der Waals surface area contributed by atoms with Crippen molar-refractivity contribution >= 4 is 37.9 Å². The van der Waals surface area contributed by atoms with Crippen LogP contribution in [0.15, 0.2) is 158 Å². The average Bonchev–Trinajstić information content (AvgIpc) is 3.63. The Hall–Kier alpha value is -5.20. The van der Waals surface area contributed by atoms with Crippen molar-refractivity contribution in [2.45, 2.75) is 20.3 Å². The van der Waals surface area contributed by atoms with Crippen LogP contribution in [0.25, 0.3) is 71.3 Å². The van der Waals surface area contributed by atoms with Gasteiger partial charge in [0.1, 0.15) is 0 Å². The van der Waals surface area contributed by atoms with Gasteiger partial charge in [-0.1, -0.05) is 166 Å². The van der Waals surface area contributed by atoms with Crippen LogP contribution in [0.3, 0.4) is 0 Å². The third-order valence-corrected chi connectivity index (χ3v) is 8.46. The molecule has 0 spiro atoms. The molecule has 0 nitrogen and oxygen atoms in total. The molecule has 0 unspecified atom stereocenters. The van der Waals surface area contributed by atoms with E-state index >= 15 is 0 Å². The van der Waals surface area contributed by atoms with Crippen LogP contribution in [0, 0.1) is 0 Å². The number of fused-ring (bicyclic) bond motifs is 3. The molecule has 0 N–H and O–H groups in total. The smallest absolute Gasteiger partial charge is 0.00139 e. The molecule has 0 heteroatoms. The van der Waals surface area contributed by atoms with Gasteiger partial charge in [0.05, 0.1) is 0 Å². The maximum Gasteiger partial charge on any atom is -0.00139 e. The minimum atomic E-state index is 0.990. The molecule has 7 aromatic rings. The Kier molecular flexibility index (Phi) is 7.19. The third kappa shape index (κ3) is 4.57. The zero-order chi connectivity index (χ0) is 29.2. The van der Waals surface area contributed by atoms with Crippen molar-refractivity contribution in [3.63, 3.8) is 0 Å². The van der Waals surface area contributed by atoms with Crippen LogP contribution in [-0.2, 0) is 0 Å². The van der Waals surface area contributed by atoms with Crippen LogP contribution in [0.1, 0.15) is 25.8 Å². The second-order valence-corrected chi connectivity index (χ2v) is 10.8. The quantitative estimate of drug-likeness (QED) is 0.191. The second kappa shape index (κ2) is 11.6. The highest BCUT2D eigenvalue weighted by atomic mass is 14.3. The van der Waals surface area contributed by atoms with Crippen LogP contribution >= 0.6 is 0 Å². The zero-order valence-corrected chi connectivity index (χ0v) is 24.7. The van der Waals surface area contributed by atoms with E-state index in [1.807, 2.05) is 13.8 Å². The lowest BCUT2D eigenvalue weighted by Gasteiger charge is -2.22. The van der Waals surface area contributed by atoms with Gasteiger partial charge in [0.15, 0.2) is 0 Å². The first kappa shape index (κ1) is 26.7. The molecule has 8 rings (SSSR count). The molecule has 1 aliphatic carbocycles. The SMILES string of the molecule is C1=CC(c2c3ccccc3c(-c3c(-c4ccccc4)cc(-c4ccccc4)c4ccccc34)c3ccccc23)=CC1.CC. The fourth-order valence-corrected chi connectivity index (χ4v) is 6.70. The van der Waals surface area contributed by atoms with E-state index in [0.29, 0.717) is 0 Å². The molecule has 0 atom stereocenters. The van der Waals surface area contributed by atoms with E-state index < -0.39 is 0 Å². The van der Waals surface area contributed by atoms with Gasteiger partial charge in [0, 0.05) is 0 Å². The van der Waals surface area contributed by atoms with Crippen molar-refractivity contribution in [2.75, 3.05) is 0 Å². The summed E-state index contributed by atoms with van der Waals surface area (Å²) in [6, 6.07) is 51.0. The van der Waals surface area contributed by atoms with Gasteiger partial charge in [-0.05, 0) is 89.3 Å². The predicted molar refractivity (Wildman–Crippen MR) is 188 cm³/mol. The molecule has 0 amide bonds. The number of rotatable bonds is 4. The molecule has 1 aliphatic rings. The van der Waals surface area contributed by atoms with Crippen molar-refractivity contribution in [3.05, 3.63) is 163 Å². The summed E-state index contributed by atoms with van der Waals surface area (Å²) in [5.74, 6) is 0.